The maximum Gasteiger partial charge on any atom is 0.102 e. The molecule has 62 heavy (non-hydrogen) atoms. The van der Waals surface area contributed by atoms with E-state index in [-0.39, 0.29) is 5.56 Å². The first-order valence-electron chi connectivity index (χ1n) is 20.3. The monoisotopic (exact) mass is 788 g/mol. The Kier molecular flexibility index (Phi) is 8.54. The van der Waals surface area contributed by atoms with Crippen LogP contribution in [-0.2, 0) is 0 Å². The second kappa shape index (κ2) is 14.7. The summed E-state index contributed by atoms with van der Waals surface area (Å²) in [5.41, 5.74) is 12.7. The van der Waals surface area contributed by atoms with E-state index < -0.39 is 0 Å². The number of hydrogen-bond donors (Lipinski definition) is 0. The van der Waals surface area contributed by atoms with E-state index in [0.29, 0.717) is 33.6 Å². The molecule has 8 aromatic carbocycles. The second-order valence-corrected chi connectivity index (χ2v) is 15.2. The zero-order valence-corrected chi connectivity index (χ0v) is 33.2. The Morgan fingerprint density at radius 3 is 1.47 bits per heavy atom. The van der Waals surface area contributed by atoms with Gasteiger partial charge in [0, 0.05) is 49.6 Å². The molecule has 0 spiro atoms. The Morgan fingerprint density at radius 2 is 0.855 bits per heavy atom. The molecule has 0 unspecified atom stereocenters. The average Bonchev–Trinajstić information content (AvgIpc) is 3.84. The predicted octanol–water partition coefficient (Wildman–Crippen LogP) is 13.6. The van der Waals surface area contributed by atoms with E-state index in [0.717, 1.165) is 71.9 Å². The third-order valence-corrected chi connectivity index (χ3v) is 11.8. The fraction of sp³-hybridized carbons (Fsp3) is 0. The topological polar surface area (TPSA) is 94.1 Å². The lowest BCUT2D eigenvalue weighted by Crippen LogP contribution is -2.02. The van der Waals surface area contributed by atoms with Crippen LogP contribution in [0.25, 0.3) is 99.8 Å². The van der Waals surface area contributed by atoms with Crippen molar-refractivity contribution in [1.29, 1.82) is 15.8 Å². The van der Waals surface area contributed by atoms with E-state index in [1.54, 1.807) is 0 Å². The molecule has 0 radical (unpaired) electrons. The molecule has 3 heterocycles. The van der Waals surface area contributed by atoms with Gasteiger partial charge in [-0.2, -0.15) is 15.8 Å². The lowest BCUT2D eigenvalue weighted by molar-refractivity contribution is 1.16. The first-order valence-corrected chi connectivity index (χ1v) is 20.3. The molecule has 0 aliphatic heterocycles. The molecule has 0 atom stereocenters. The van der Waals surface area contributed by atoms with E-state index in [2.05, 4.69) is 130 Å². The van der Waals surface area contributed by atoms with Crippen LogP contribution in [0.1, 0.15) is 16.7 Å². The van der Waals surface area contributed by atoms with Crippen molar-refractivity contribution in [2.24, 2.45) is 0 Å². The normalized spacial score (nSPS) is 11.2. The minimum atomic E-state index is 0.277. The standard InChI is InChI=1S/C56H32N6/c57-33-40-29-39(56-49(35-59)54(36-15-5-1-6-16-36)48(34-58)55(60-56)37-17-7-2-8-18-37)25-27-43(40)38-26-28-51-45(30-38)47-31-46-44-23-13-14-24-50(44)61(41-19-9-3-10-20-41)52(46)32-53(47)62(51)42-21-11-4-12-22-42/h1-32H. The fourth-order valence-corrected chi connectivity index (χ4v) is 9.11. The van der Waals surface area contributed by atoms with Crippen LogP contribution >= 0.6 is 0 Å². The SMILES string of the molecule is N#Cc1cc(-c2nc(-c3ccccc3)c(C#N)c(-c3ccccc3)c2C#N)ccc1-c1ccc2c(c1)c1cc3c4ccccc4n(-c4ccccc4)c3cc1n2-c1ccccc1. The highest BCUT2D eigenvalue weighted by Crippen LogP contribution is 2.43. The van der Waals surface area contributed by atoms with Crippen LogP contribution in [0.4, 0.5) is 0 Å². The van der Waals surface area contributed by atoms with E-state index in [4.69, 9.17) is 4.98 Å². The highest BCUT2D eigenvalue weighted by Gasteiger charge is 2.24. The number of nitrogens with zero attached hydrogens (tertiary/aromatic N) is 6. The lowest BCUT2D eigenvalue weighted by atomic mass is 9.88. The molecule has 11 rings (SSSR count). The summed E-state index contributed by atoms with van der Waals surface area (Å²) in [4.78, 5) is 5.03. The number of nitriles is 3. The molecule has 0 fully saturated rings. The highest BCUT2D eigenvalue weighted by atomic mass is 15.0. The first kappa shape index (κ1) is 36.1. The van der Waals surface area contributed by atoms with Gasteiger partial charge in [-0.25, -0.2) is 4.98 Å². The van der Waals surface area contributed by atoms with Gasteiger partial charge in [0.05, 0.1) is 56.2 Å². The molecule has 0 saturated heterocycles. The summed E-state index contributed by atoms with van der Waals surface area (Å²) < 4.78 is 4.67. The van der Waals surface area contributed by atoms with E-state index in [1.165, 1.54) is 5.39 Å². The van der Waals surface area contributed by atoms with E-state index >= 15 is 0 Å². The van der Waals surface area contributed by atoms with Gasteiger partial charge in [0.25, 0.3) is 0 Å². The Labute approximate surface area is 357 Å². The molecule has 11 aromatic rings. The van der Waals surface area contributed by atoms with Crippen LogP contribution in [0.5, 0.6) is 0 Å². The van der Waals surface area contributed by atoms with Gasteiger partial charge >= 0.3 is 0 Å². The van der Waals surface area contributed by atoms with Crippen molar-refractivity contribution < 1.29 is 0 Å². The van der Waals surface area contributed by atoms with Crippen molar-refractivity contribution in [3.05, 3.63) is 211 Å². The average molecular weight is 789 g/mol. The Hall–Kier alpha value is -9.02. The number of benzene rings is 8. The molecular formula is C56H32N6. The number of pyridine rings is 1. The molecule has 286 valence electrons. The quantitative estimate of drug-likeness (QED) is 0.168. The summed E-state index contributed by atoms with van der Waals surface area (Å²) in [5, 5.41) is 36.6. The van der Waals surface area contributed by atoms with Crippen molar-refractivity contribution in [3.8, 4) is 74.4 Å². The number of aromatic nitrogens is 3. The number of para-hydroxylation sites is 3. The van der Waals surface area contributed by atoms with Gasteiger partial charge in [-0.05, 0) is 77.4 Å². The van der Waals surface area contributed by atoms with Crippen LogP contribution < -0.4 is 0 Å². The number of rotatable bonds is 6. The van der Waals surface area contributed by atoms with Gasteiger partial charge in [0.15, 0.2) is 0 Å². The summed E-state index contributed by atoms with van der Waals surface area (Å²) in [5.74, 6) is 0. The summed E-state index contributed by atoms with van der Waals surface area (Å²) in [6.45, 7) is 0. The smallest absolute Gasteiger partial charge is 0.102 e. The predicted molar refractivity (Wildman–Crippen MR) is 249 cm³/mol. The minimum Gasteiger partial charge on any atom is -0.309 e. The highest BCUT2D eigenvalue weighted by molar-refractivity contribution is 6.19. The summed E-state index contributed by atoms with van der Waals surface area (Å²) in [6, 6.07) is 72.5. The zero-order chi connectivity index (χ0) is 41.7. The Balaban J connectivity index is 1.13. The molecule has 0 N–H and O–H groups in total. The van der Waals surface area contributed by atoms with E-state index in [1.807, 2.05) is 91.0 Å². The maximum absolute atomic E-state index is 10.8. The van der Waals surface area contributed by atoms with Crippen molar-refractivity contribution in [3.63, 3.8) is 0 Å². The van der Waals surface area contributed by atoms with E-state index in [9.17, 15) is 15.8 Å². The van der Waals surface area contributed by atoms with Gasteiger partial charge in [-0.3, -0.25) is 0 Å². The van der Waals surface area contributed by atoms with Crippen LogP contribution in [0.15, 0.2) is 194 Å². The maximum atomic E-state index is 10.8. The summed E-state index contributed by atoms with van der Waals surface area (Å²) >= 11 is 0. The van der Waals surface area contributed by atoms with Gasteiger partial charge in [-0.15, -0.1) is 0 Å². The summed E-state index contributed by atoms with van der Waals surface area (Å²) in [6.07, 6.45) is 0. The van der Waals surface area contributed by atoms with Gasteiger partial charge in [0.1, 0.15) is 12.1 Å². The molecule has 3 aromatic heterocycles. The van der Waals surface area contributed by atoms with Gasteiger partial charge in [0.2, 0.25) is 0 Å². The fourth-order valence-electron chi connectivity index (χ4n) is 9.11. The Morgan fingerprint density at radius 1 is 0.355 bits per heavy atom. The molecule has 6 nitrogen and oxygen atoms in total. The molecule has 0 saturated carbocycles. The minimum absolute atomic E-state index is 0.277. The number of fused-ring (bicyclic) bond motifs is 6. The van der Waals surface area contributed by atoms with Crippen LogP contribution in [-0.4, -0.2) is 14.1 Å². The second-order valence-electron chi connectivity index (χ2n) is 15.2. The first-order chi connectivity index (χ1) is 30.6. The third kappa shape index (κ3) is 5.66. The van der Waals surface area contributed by atoms with Crippen LogP contribution in [0, 0.1) is 34.0 Å². The van der Waals surface area contributed by atoms with Crippen LogP contribution in [0.2, 0.25) is 0 Å². The van der Waals surface area contributed by atoms with Crippen LogP contribution in [0.3, 0.4) is 0 Å². The van der Waals surface area contributed by atoms with Crippen molar-refractivity contribution >= 4 is 43.6 Å². The van der Waals surface area contributed by atoms with Gasteiger partial charge in [-0.1, -0.05) is 133 Å². The molecule has 6 heteroatoms. The van der Waals surface area contributed by atoms with Gasteiger partial charge < -0.3 is 9.13 Å². The molecule has 0 amide bonds. The van der Waals surface area contributed by atoms with Crippen molar-refractivity contribution in [2.45, 2.75) is 0 Å². The molecular weight excluding hydrogens is 757 g/mol. The number of hydrogen-bond acceptors (Lipinski definition) is 4. The third-order valence-electron chi connectivity index (χ3n) is 11.8. The zero-order valence-electron chi connectivity index (χ0n) is 33.2. The van der Waals surface area contributed by atoms with Crippen molar-refractivity contribution in [1.82, 2.24) is 14.1 Å². The molecule has 0 aliphatic rings. The molecule has 0 aliphatic carbocycles. The van der Waals surface area contributed by atoms with Crippen molar-refractivity contribution in [2.75, 3.05) is 0 Å². The largest absolute Gasteiger partial charge is 0.309 e. The molecule has 0 bridgehead atoms. The lowest BCUT2D eigenvalue weighted by Gasteiger charge is -2.16. The summed E-state index contributed by atoms with van der Waals surface area (Å²) in [7, 11) is 0. The Bertz CT molecular complexity index is 3690.